The van der Waals surface area contributed by atoms with E-state index in [1.807, 2.05) is 6.07 Å². The first-order chi connectivity index (χ1) is 12.6. The van der Waals surface area contributed by atoms with Crippen LogP contribution in [-0.4, -0.2) is 10.7 Å². The summed E-state index contributed by atoms with van der Waals surface area (Å²) in [6.45, 7) is 2.14. The van der Waals surface area contributed by atoms with Gasteiger partial charge in [-0.05, 0) is 70.2 Å². The molecule has 0 aliphatic carbocycles. The highest BCUT2D eigenvalue weighted by Gasteiger charge is 2.42. The zero-order valence-electron chi connectivity index (χ0n) is 13.8. The Bertz CT molecular complexity index is 1030. The van der Waals surface area contributed by atoms with E-state index in [9.17, 15) is 0 Å². The van der Waals surface area contributed by atoms with Gasteiger partial charge >= 0.3 is 0 Å². The molecule has 4 heterocycles. The second kappa shape index (κ2) is 6.48. The first-order valence-corrected chi connectivity index (χ1v) is 11.5. The van der Waals surface area contributed by atoms with Crippen molar-refractivity contribution in [2.75, 3.05) is 0 Å². The van der Waals surface area contributed by atoms with E-state index < -0.39 is 0 Å². The Morgan fingerprint density at radius 3 is 2.81 bits per heavy atom. The van der Waals surface area contributed by atoms with Crippen LogP contribution < -0.4 is 4.74 Å². The average Bonchev–Trinajstić information content (AvgIpc) is 3.33. The van der Waals surface area contributed by atoms with Gasteiger partial charge in [0.2, 0.25) is 6.23 Å². The molecule has 2 atom stereocenters. The van der Waals surface area contributed by atoms with Crippen molar-refractivity contribution in [2.24, 2.45) is 5.10 Å². The number of benzene rings is 1. The molecule has 0 radical (unpaired) electrons. The molecule has 2 aliphatic rings. The van der Waals surface area contributed by atoms with Crippen LogP contribution in [0.5, 0.6) is 5.75 Å². The summed E-state index contributed by atoms with van der Waals surface area (Å²) in [7, 11) is 0. The lowest BCUT2D eigenvalue weighted by molar-refractivity contribution is -0.0169. The number of hydrazone groups is 1. The van der Waals surface area contributed by atoms with Gasteiger partial charge in [-0.3, -0.25) is 0 Å². The van der Waals surface area contributed by atoms with Gasteiger partial charge < -0.3 is 4.74 Å². The predicted molar refractivity (Wildman–Crippen MR) is 114 cm³/mol. The minimum Gasteiger partial charge on any atom is -0.464 e. The van der Waals surface area contributed by atoms with Crippen LogP contribution in [0.15, 0.2) is 55.1 Å². The maximum atomic E-state index is 6.42. The number of nitrogens with zero attached hydrogens (tertiary/aromatic N) is 2. The Balaban J connectivity index is 1.62. The summed E-state index contributed by atoms with van der Waals surface area (Å²) in [6.07, 6.45) is 0.718. The number of rotatable bonds is 2. The number of thiophene rings is 2. The maximum absolute atomic E-state index is 6.42. The molecule has 0 fully saturated rings. The molecule has 2 aromatic heterocycles. The van der Waals surface area contributed by atoms with Crippen molar-refractivity contribution >= 4 is 60.2 Å². The topological polar surface area (TPSA) is 24.8 Å². The van der Waals surface area contributed by atoms with E-state index in [4.69, 9.17) is 9.84 Å². The summed E-state index contributed by atoms with van der Waals surface area (Å²) in [5, 5.41) is 9.28. The quantitative estimate of drug-likeness (QED) is 0.376. The summed E-state index contributed by atoms with van der Waals surface area (Å²) < 4.78 is 8.62. The van der Waals surface area contributed by atoms with Crippen LogP contribution in [0.1, 0.15) is 39.6 Å². The summed E-state index contributed by atoms with van der Waals surface area (Å²) in [5.41, 5.74) is 3.57. The minimum atomic E-state index is -0.172. The van der Waals surface area contributed by atoms with Gasteiger partial charge in [-0.1, -0.05) is 15.9 Å². The van der Waals surface area contributed by atoms with Crippen molar-refractivity contribution in [1.29, 1.82) is 0 Å². The minimum absolute atomic E-state index is 0.172. The Kier molecular flexibility index (Phi) is 4.23. The third-order valence-electron chi connectivity index (χ3n) is 4.74. The molecule has 3 nitrogen and oxygen atoms in total. The van der Waals surface area contributed by atoms with Crippen LogP contribution in [-0.2, 0) is 0 Å². The van der Waals surface area contributed by atoms with Crippen LogP contribution in [0.3, 0.4) is 0 Å². The number of halogens is 2. The molecule has 1 aromatic carbocycles. The van der Waals surface area contributed by atoms with Gasteiger partial charge in [0.05, 0.1) is 25.3 Å². The van der Waals surface area contributed by atoms with Gasteiger partial charge in [0, 0.05) is 16.5 Å². The SMILES string of the molecule is Cc1ccsc1[C@@H]1Oc2ccc(Br)cc2[C@@H]2CC(c3ccc(Br)s3)=NN21. The van der Waals surface area contributed by atoms with Gasteiger partial charge in [-0.2, -0.15) is 5.10 Å². The first kappa shape index (κ1) is 17.0. The fourth-order valence-electron chi connectivity index (χ4n) is 3.49. The number of hydrogen-bond donors (Lipinski definition) is 0. The number of hydrogen-bond acceptors (Lipinski definition) is 5. The van der Waals surface area contributed by atoms with E-state index in [-0.39, 0.29) is 12.3 Å². The number of fused-ring (bicyclic) bond motifs is 3. The molecule has 0 spiro atoms. The van der Waals surface area contributed by atoms with Gasteiger partial charge in [0.25, 0.3) is 0 Å². The predicted octanol–water partition coefficient (Wildman–Crippen LogP) is 6.89. The molecular formula is C19H14Br2N2OS2. The van der Waals surface area contributed by atoms with Gasteiger partial charge in [0.15, 0.2) is 0 Å². The first-order valence-electron chi connectivity index (χ1n) is 8.22. The van der Waals surface area contributed by atoms with E-state index in [1.54, 1.807) is 22.7 Å². The van der Waals surface area contributed by atoms with Gasteiger partial charge in [-0.25, -0.2) is 5.01 Å². The molecule has 0 unspecified atom stereocenters. The lowest BCUT2D eigenvalue weighted by Crippen LogP contribution is -2.33. The third kappa shape index (κ3) is 2.76. The van der Waals surface area contributed by atoms with Crippen LogP contribution in [0.25, 0.3) is 0 Å². The van der Waals surface area contributed by atoms with Crippen LogP contribution >= 0.6 is 54.5 Å². The molecule has 132 valence electrons. The van der Waals surface area contributed by atoms with E-state index in [2.05, 4.69) is 79.5 Å². The molecule has 2 aliphatic heterocycles. The van der Waals surface area contributed by atoms with Crippen molar-refractivity contribution in [3.63, 3.8) is 0 Å². The zero-order valence-corrected chi connectivity index (χ0v) is 18.6. The number of aryl methyl sites for hydroxylation is 1. The Morgan fingerprint density at radius 2 is 2.08 bits per heavy atom. The largest absolute Gasteiger partial charge is 0.464 e. The highest BCUT2D eigenvalue weighted by molar-refractivity contribution is 9.11. The Hall–Kier alpha value is -1.15. The fourth-order valence-corrected chi connectivity index (χ4v) is 6.19. The van der Waals surface area contributed by atoms with Crippen molar-refractivity contribution in [2.45, 2.75) is 25.6 Å². The second-order valence-electron chi connectivity index (χ2n) is 6.37. The highest BCUT2D eigenvalue weighted by atomic mass is 79.9. The Morgan fingerprint density at radius 1 is 1.19 bits per heavy atom. The van der Waals surface area contributed by atoms with Crippen molar-refractivity contribution in [3.05, 3.63) is 70.9 Å². The van der Waals surface area contributed by atoms with Crippen molar-refractivity contribution < 1.29 is 4.74 Å². The van der Waals surface area contributed by atoms with Gasteiger partial charge in [0.1, 0.15) is 5.75 Å². The van der Waals surface area contributed by atoms with E-state index in [0.29, 0.717) is 0 Å². The normalized spacial score (nSPS) is 21.2. The standard InChI is InChI=1S/C19H14Br2N2OS2/c1-10-6-7-25-18(10)19-23-14(12-8-11(20)2-3-15(12)24-19)9-13(22-23)16-4-5-17(21)26-16/h2-8,14,19H,9H2,1H3/t14-,19-/m0/s1. The van der Waals surface area contributed by atoms with Crippen LogP contribution in [0.4, 0.5) is 0 Å². The molecule has 5 rings (SSSR count). The third-order valence-corrected chi connectivity index (χ3v) is 7.95. The Labute approximate surface area is 176 Å². The summed E-state index contributed by atoms with van der Waals surface area (Å²) in [5.74, 6) is 0.955. The zero-order chi connectivity index (χ0) is 17.8. The summed E-state index contributed by atoms with van der Waals surface area (Å²) in [4.78, 5) is 2.44. The van der Waals surface area contributed by atoms with Crippen molar-refractivity contribution in [1.82, 2.24) is 5.01 Å². The van der Waals surface area contributed by atoms with Crippen LogP contribution in [0.2, 0.25) is 0 Å². The summed E-state index contributed by atoms with van der Waals surface area (Å²) >= 11 is 10.6. The van der Waals surface area contributed by atoms with E-state index >= 15 is 0 Å². The lowest BCUT2D eigenvalue weighted by atomic mass is 9.98. The fraction of sp³-hybridized carbons (Fsp3) is 0.211. The monoisotopic (exact) mass is 508 g/mol. The summed E-state index contributed by atoms with van der Waals surface area (Å²) in [6, 6.07) is 12.8. The highest BCUT2D eigenvalue weighted by Crippen LogP contribution is 2.49. The molecule has 0 bridgehead atoms. The van der Waals surface area contributed by atoms with Crippen LogP contribution in [0, 0.1) is 6.92 Å². The van der Waals surface area contributed by atoms with E-state index in [0.717, 1.165) is 26.1 Å². The van der Waals surface area contributed by atoms with Crippen molar-refractivity contribution in [3.8, 4) is 5.75 Å². The molecule has 3 aromatic rings. The average molecular weight is 510 g/mol. The second-order valence-corrected chi connectivity index (χ2v) is 10.7. The molecule has 0 amide bonds. The van der Waals surface area contributed by atoms with E-state index in [1.165, 1.54) is 20.9 Å². The molecule has 7 heteroatoms. The molecule has 26 heavy (non-hydrogen) atoms. The van der Waals surface area contributed by atoms with Gasteiger partial charge in [-0.15, -0.1) is 22.7 Å². The molecule has 0 saturated carbocycles. The molecule has 0 N–H and O–H groups in total. The number of ether oxygens (including phenoxy) is 1. The molecule has 0 saturated heterocycles. The maximum Gasteiger partial charge on any atom is 0.223 e. The molecular weight excluding hydrogens is 496 g/mol. The smallest absolute Gasteiger partial charge is 0.223 e. The lowest BCUT2D eigenvalue weighted by Gasteiger charge is -2.38.